The first kappa shape index (κ1) is 23.5. The van der Waals surface area contributed by atoms with E-state index >= 15 is 0 Å². The molecule has 0 amide bonds. The van der Waals surface area contributed by atoms with Gasteiger partial charge in [0, 0.05) is 39.1 Å². The summed E-state index contributed by atoms with van der Waals surface area (Å²) in [5.74, 6) is 0. The third-order valence-electron chi connectivity index (χ3n) is 3.81. The van der Waals surface area contributed by atoms with Crippen LogP contribution in [0, 0.1) is 6.92 Å². The zero-order valence-corrected chi connectivity index (χ0v) is 15.8. The van der Waals surface area contributed by atoms with Crippen LogP contribution in [0.5, 0.6) is 0 Å². The molecule has 0 unspecified atom stereocenters. The number of nitrogens with zero attached hydrogens (tertiary/aromatic N) is 1. The Bertz CT molecular complexity index is 429. The van der Waals surface area contributed by atoms with Crippen molar-refractivity contribution in [3.63, 3.8) is 0 Å². The van der Waals surface area contributed by atoms with Crippen LogP contribution in [0.4, 0.5) is 5.69 Å². The number of rotatable bonds is 10. The van der Waals surface area contributed by atoms with Gasteiger partial charge in [0.15, 0.2) is 0 Å². The number of aliphatic hydroxyl groups is 3. The molecule has 0 aromatic heterocycles. The minimum atomic E-state index is -3.58. The van der Waals surface area contributed by atoms with E-state index in [1.165, 1.54) is 11.3 Å². The van der Waals surface area contributed by atoms with Crippen LogP contribution >= 0.6 is 0 Å². The van der Waals surface area contributed by atoms with E-state index in [-0.39, 0.29) is 19.8 Å². The fourth-order valence-corrected chi connectivity index (χ4v) is 2.70. The predicted octanol–water partition coefficient (Wildman–Crippen LogP) is 0.214. The summed E-state index contributed by atoms with van der Waals surface area (Å²) < 4.78 is 24.0. The summed E-state index contributed by atoms with van der Waals surface area (Å²) in [4.78, 5) is 0. The van der Waals surface area contributed by atoms with Gasteiger partial charge in [0.1, 0.15) is 5.69 Å². The second kappa shape index (κ2) is 13.7. The Labute approximate surface area is 150 Å². The van der Waals surface area contributed by atoms with E-state index in [0.717, 1.165) is 43.4 Å². The normalized spacial score (nSPS) is 10.9. The quantitative estimate of drug-likeness (QED) is 0.293. The molecule has 0 aliphatic carbocycles. The average Bonchev–Trinajstić information content (AvgIpc) is 2.55. The molecule has 24 heavy (non-hydrogen) atoms. The Kier molecular flexibility index (Phi) is 13.5. The molecule has 7 nitrogen and oxygen atoms in total. The molecule has 0 heterocycles. The van der Waals surface area contributed by atoms with Crippen LogP contribution < -0.4 is 4.48 Å². The van der Waals surface area contributed by atoms with Gasteiger partial charge in [-0.2, -0.15) is 0 Å². The molecule has 1 aromatic carbocycles. The van der Waals surface area contributed by atoms with E-state index in [9.17, 15) is 0 Å². The van der Waals surface area contributed by atoms with Crippen LogP contribution in [0.1, 0.15) is 24.8 Å². The summed E-state index contributed by atoms with van der Waals surface area (Å²) >= 11 is -3.58. The second-order valence-corrected chi connectivity index (χ2v) is 6.55. The zero-order valence-electron chi connectivity index (χ0n) is 14.3. The molecule has 138 valence electrons. The molecule has 0 aliphatic heterocycles. The molecule has 8 heteroatoms. The van der Waals surface area contributed by atoms with Crippen LogP contribution in [0.3, 0.4) is 0 Å². The van der Waals surface area contributed by atoms with Gasteiger partial charge < -0.3 is 15.3 Å². The van der Waals surface area contributed by atoms with E-state index in [1.54, 1.807) is 0 Å². The van der Waals surface area contributed by atoms with Crippen molar-refractivity contribution in [1.29, 1.82) is 0 Å². The molecular weight excluding hydrogens is 350 g/mol. The SMILES string of the molecule is Cc1ccc([N+](CCCO)(CCCO)CCCO)cc1.[O]=[Ti]([OH])[OH]. The van der Waals surface area contributed by atoms with Crippen LogP contribution in [0.25, 0.3) is 0 Å². The number of hydrogen-bond donors (Lipinski definition) is 5. The Hall–Kier alpha value is -0.506. The Morgan fingerprint density at radius 1 is 0.833 bits per heavy atom. The van der Waals surface area contributed by atoms with Crippen molar-refractivity contribution in [1.82, 2.24) is 4.48 Å². The van der Waals surface area contributed by atoms with Gasteiger partial charge >= 0.3 is 29.3 Å². The van der Waals surface area contributed by atoms with Gasteiger partial charge in [-0.05, 0) is 19.1 Å². The molecule has 0 saturated heterocycles. The molecule has 0 fully saturated rings. The topological polar surface area (TPSA) is 118 Å². The monoisotopic (exact) mass is 380 g/mol. The minimum absolute atomic E-state index is 0.171. The van der Waals surface area contributed by atoms with E-state index in [2.05, 4.69) is 31.2 Å². The van der Waals surface area contributed by atoms with E-state index in [4.69, 9.17) is 26.0 Å². The molecule has 5 N–H and O–H groups in total. The standard InChI is InChI=1S/C16H28NO3.2H2O.O.Ti/c1-15-5-7-16(8-6-15)17(9-2-12-18,10-3-13-19)11-4-14-20;;;;/h5-8,18-20H,2-4,9-14H2,1H3;2*1H2;;/q+1;;;;+2/p-2. The molecule has 0 radical (unpaired) electrons. The third-order valence-corrected chi connectivity index (χ3v) is 3.81. The second-order valence-electron chi connectivity index (χ2n) is 5.67. The van der Waals surface area contributed by atoms with Gasteiger partial charge in [0.25, 0.3) is 0 Å². The van der Waals surface area contributed by atoms with Crippen LogP contribution in [0.2, 0.25) is 0 Å². The molecule has 0 spiro atoms. The summed E-state index contributed by atoms with van der Waals surface area (Å²) in [6.45, 7) is 5.07. The molecular formula is C16H30NO6Ti+. The zero-order chi connectivity index (χ0) is 18.4. The first-order valence-corrected chi connectivity index (χ1v) is 10.1. The van der Waals surface area contributed by atoms with Crippen molar-refractivity contribution in [2.45, 2.75) is 26.2 Å². The van der Waals surface area contributed by atoms with E-state index < -0.39 is 18.6 Å². The molecule has 0 atom stereocenters. The fraction of sp³-hybridized carbons (Fsp3) is 0.625. The average molecular weight is 380 g/mol. The van der Waals surface area contributed by atoms with Gasteiger partial charge in [-0.15, -0.1) is 0 Å². The molecule has 0 saturated carbocycles. The van der Waals surface area contributed by atoms with Gasteiger partial charge in [-0.1, -0.05) is 17.7 Å². The van der Waals surface area contributed by atoms with Crippen LogP contribution in [-0.4, -0.2) is 62.2 Å². The third kappa shape index (κ3) is 9.71. The van der Waals surface area contributed by atoms with Crippen molar-refractivity contribution in [3.05, 3.63) is 29.8 Å². The first-order chi connectivity index (χ1) is 11.4. The van der Waals surface area contributed by atoms with Gasteiger partial charge in [0.2, 0.25) is 0 Å². The summed E-state index contributed by atoms with van der Waals surface area (Å²) in [7, 11) is 0. The number of aryl methyl sites for hydroxylation is 1. The van der Waals surface area contributed by atoms with Gasteiger partial charge in [0.05, 0.1) is 19.6 Å². The Morgan fingerprint density at radius 3 is 1.46 bits per heavy atom. The number of quaternary nitrogens is 1. The van der Waals surface area contributed by atoms with Crippen molar-refractivity contribution in [2.75, 3.05) is 39.5 Å². The molecule has 0 bridgehead atoms. The Balaban J connectivity index is 0.00000118. The molecule has 0 aliphatic rings. The summed E-state index contributed by atoms with van der Waals surface area (Å²) in [5.41, 5.74) is 2.42. The van der Waals surface area contributed by atoms with Crippen molar-refractivity contribution in [2.24, 2.45) is 0 Å². The number of hydrogen-bond acceptors (Lipinski definition) is 4. The summed E-state index contributed by atoms with van der Waals surface area (Å²) in [6.07, 6.45) is 2.18. The van der Waals surface area contributed by atoms with E-state index in [0.29, 0.717) is 0 Å². The van der Waals surface area contributed by atoms with Gasteiger partial charge in [-0.25, -0.2) is 0 Å². The number of aliphatic hydroxyl groups excluding tert-OH is 3. The first-order valence-electron chi connectivity index (χ1n) is 8.09. The summed E-state index contributed by atoms with van der Waals surface area (Å²) in [5, 5.41) is 27.5. The summed E-state index contributed by atoms with van der Waals surface area (Å²) in [6, 6.07) is 8.45. The van der Waals surface area contributed by atoms with Crippen molar-refractivity contribution in [3.8, 4) is 0 Å². The van der Waals surface area contributed by atoms with Gasteiger partial charge in [-0.3, -0.25) is 4.48 Å². The molecule has 1 aromatic rings. The van der Waals surface area contributed by atoms with E-state index in [1.807, 2.05) is 0 Å². The maximum absolute atomic E-state index is 9.16. The predicted molar refractivity (Wildman–Crippen MR) is 87.8 cm³/mol. The number of benzene rings is 1. The maximum atomic E-state index is 9.16. The van der Waals surface area contributed by atoms with Crippen LogP contribution in [0.15, 0.2) is 24.3 Å². The van der Waals surface area contributed by atoms with Crippen molar-refractivity contribution < 1.29 is 44.6 Å². The Morgan fingerprint density at radius 2 is 1.17 bits per heavy atom. The van der Waals surface area contributed by atoms with Crippen molar-refractivity contribution >= 4 is 5.69 Å². The van der Waals surface area contributed by atoms with Crippen LogP contribution in [-0.2, 0) is 21.9 Å². The fourth-order valence-electron chi connectivity index (χ4n) is 2.70. The molecule has 1 rings (SSSR count).